The minimum atomic E-state index is -4.39. The van der Waals surface area contributed by atoms with Gasteiger partial charge in [-0.25, -0.2) is 12.8 Å². The van der Waals surface area contributed by atoms with Crippen molar-refractivity contribution in [2.45, 2.75) is 17.4 Å². The van der Waals surface area contributed by atoms with Crippen LogP contribution in [0.3, 0.4) is 0 Å². The monoisotopic (exact) mass is 325 g/mol. The van der Waals surface area contributed by atoms with E-state index in [-0.39, 0.29) is 6.61 Å². The molecule has 1 saturated heterocycles. The molecule has 0 aromatic heterocycles. The van der Waals surface area contributed by atoms with Crippen molar-refractivity contribution in [2.75, 3.05) is 13.2 Å². The number of rotatable bonds is 4. The zero-order valence-electron chi connectivity index (χ0n) is 9.91. The van der Waals surface area contributed by atoms with E-state index in [2.05, 4.69) is 0 Å². The van der Waals surface area contributed by atoms with E-state index in [1.807, 2.05) is 0 Å². The van der Waals surface area contributed by atoms with Gasteiger partial charge in [0, 0.05) is 23.2 Å². The van der Waals surface area contributed by atoms with Gasteiger partial charge in [-0.05, 0) is 0 Å². The zero-order chi connectivity index (χ0) is 14.9. The number of nitro benzene ring substituents is 1. The molecule has 10 heteroatoms. The summed E-state index contributed by atoms with van der Waals surface area (Å²) in [6.07, 6.45) is -0.0683. The minimum Gasteiger partial charge on any atom is -0.483 e. The Bertz CT molecular complexity index is 643. The highest BCUT2D eigenvalue weighted by atomic mass is 35.7. The molecule has 0 radical (unpaired) electrons. The number of hydrogen-bond acceptors (Lipinski definition) is 6. The SMILES string of the molecule is O=[N+]([O-])c1cc(F)c(OC2CCOC2)c(S(=O)(=O)Cl)c1. The molecule has 20 heavy (non-hydrogen) atoms. The molecule has 0 aliphatic carbocycles. The Morgan fingerprint density at radius 1 is 1.50 bits per heavy atom. The highest BCUT2D eigenvalue weighted by Crippen LogP contribution is 2.35. The summed E-state index contributed by atoms with van der Waals surface area (Å²) in [6.45, 7) is 0.584. The second-order valence-electron chi connectivity index (χ2n) is 4.05. The summed E-state index contributed by atoms with van der Waals surface area (Å²) in [4.78, 5) is 8.94. The summed E-state index contributed by atoms with van der Waals surface area (Å²) in [5.74, 6) is -1.79. The smallest absolute Gasteiger partial charge is 0.273 e. The molecule has 1 aromatic rings. The Kier molecular flexibility index (Phi) is 4.11. The van der Waals surface area contributed by atoms with Crippen molar-refractivity contribution < 1.29 is 27.2 Å². The van der Waals surface area contributed by atoms with Crippen molar-refractivity contribution in [3.05, 3.63) is 28.1 Å². The number of non-ortho nitro benzene ring substituents is 1. The predicted octanol–water partition coefficient (Wildman–Crippen LogP) is 1.83. The lowest BCUT2D eigenvalue weighted by atomic mass is 10.2. The van der Waals surface area contributed by atoms with Gasteiger partial charge in [-0.3, -0.25) is 10.1 Å². The van der Waals surface area contributed by atoms with Crippen LogP contribution in [0.2, 0.25) is 0 Å². The third kappa shape index (κ3) is 3.17. The molecule has 1 heterocycles. The summed E-state index contributed by atoms with van der Waals surface area (Å²) in [5, 5.41) is 10.6. The molecule has 2 rings (SSSR count). The zero-order valence-corrected chi connectivity index (χ0v) is 11.5. The van der Waals surface area contributed by atoms with E-state index in [1.54, 1.807) is 0 Å². The Morgan fingerprint density at radius 2 is 2.20 bits per heavy atom. The number of benzene rings is 1. The highest BCUT2D eigenvalue weighted by molar-refractivity contribution is 8.13. The van der Waals surface area contributed by atoms with Crippen molar-refractivity contribution in [3.63, 3.8) is 0 Å². The van der Waals surface area contributed by atoms with Crippen molar-refractivity contribution in [2.24, 2.45) is 0 Å². The number of nitro groups is 1. The van der Waals surface area contributed by atoms with Crippen LogP contribution >= 0.6 is 10.7 Å². The fraction of sp³-hybridized carbons (Fsp3) is 0.400. The van der Waals surface area contributed by atoms with Crippen LogP contribution in [0.1, 0.15) is 6.42 Å². The maximum absolute atomic E-state index is 13.9. The van der Waals surface area contributed by atoms with Crippen molar-refractivity contribution >= 4 is 25.4 Å². The van der Waals surface area contributed by atoms with Gasteiger partial charge in [-0.15, -0.1) is 0 Å². The molecule has 110 valence electrons. The molecule has 1 aliphatic rings. The van der Waals surface area contributed by atoms with E-state index in [4.69, 9.17) is 20.2 Å². The Labute approximate surface area is 117 Å². The fourth-order valence-electron chi connectivity index (χ4n) is 1.73. The average Bonchev–Trinajstić information content (AvgIpc) is 2.82. The number of ether oxygens (including phenoxy) is 2. The lowest BCUT2D eigenvalue weighted by molar-refractivity contribution is -0.385. The molecular weight excluding hydrogens is 317 g/mol. The predicted molar refractivity (Wildman–Crippen MR) is 65.9 cm³/mol. The van der Waals surface area contributed by atoms with Crippen LogP contribution in [-0.4, -0.2) is 32.7 Å². The standard InChI is InChI=1S/C10H9ClFNO6S/c11-20(16,17)9-4-6(13(14)15)3-8(12)10(9)19-7-1-2-18-5-7/h3-4,7H,1-2,5H2. The molecule has 1 atom stereocenters. The summed E-state index contributed by atoms with van der Waals surface area (Å²) < 4.78 is 46.9. The highest BCUT2D eigenvalue weighted by Gasteiger charge is 2.28. The molecule has 0 spiro atoms. The first-order chi connectivity index (χ1) is 9.29. The van der Waals surface area contributed by atoms with Gasteiger partial charge in [-0.2, -0.15) is 0 Å². The van der Waals surface area contributed by atoms with Crippen LogP contribution < -0.4 is 4.74 Å². The van der Waals surface area contributed by atoms with E-state index in [9.17, 15) is 22.9 Å². The minimum absolute atomic E-state index is 0.179. The number of nitrogens with zero attached hydrogens (tertiary/aromatic N) is 1. The second kappa shape index (κ2) is 5.51. The quantitative estimate of drug-likeness (QED) is 0.476. The van der Waals surface area contributed by atoms with Gasteiger partial charge >= 0.3 is 0 Å². The van der Waals surface area contributed by atoms with Gasteiger partial charge in [-0.1, -0.05) is 0 Å². The van der Waals surface area contributed by atoms with Crippen LogP contribution in [0.25, 0.3) is 0 Å². The number of hydrogen-bond donors (Lipinski definition) is 0. The molecule has 0 saturated carbocycles. The normalized spacial score (nSPS) is 19.0. The molecular formula is C10H9ClFNO6S. The summed E-state index contributed by atoms with van der Waals surface area (Å²) in [7, 11) is 0.778. The molecule has 1 aliphatic heterocycles. The average molecular weight is 326 g/mol. The Hall–Kier alpha value is -1.45. The first-order valence-corrected chi connectivity index (χ1v) is 7.77. The van der Waals surface area contributed by atoms with Crippen LogP contribution in [0.15, 0.2) is 17.0 Å². The van der Waals surface area contributed by atoms with E-state index in [1.165, 1.54) is 0 Å². The maximum Gasteiger partial charge on any atom is 0.273 e. The lowest BCUT2D eigenvalue weighted by Gasteiger charge is -2.14. The Morgan fingerprint density at radius 3 is 2.70 bits per heavy atom. The first-order valence-electron chi connectivity index (χ1n) is 5.46. The van der Waals surface area contributed by atoms with Gasteiger partial charge in [0.2, 0.25) is 0 Å². The van der Waals surface area contributed by atoms with Gasteiger partial charge in [0.25, 0.3) is 14.7 Å². The topological polar surface area (TPSA) is 95.7 Å². The molecule has 0 bridgehead atoms. The largest absolute Gasteiger partial charge is 0.483 e. The number of halogens is 2. The van der Waals surface area contributed by atoms with Gasteiger partial charge in [0.1, 0.15) is 11.0 Å². The Balaban J connectivity index is 2.50. The molecule has 0 N–H and O–H groups in total. The third-order valence-electron chi connectivity index (χ3n) is 2.64. The molecule has 1 aromatic carbocycles. The first kappa shape index (κ1) is 14.9. The fourth-order valence-corrected chi connectivity index (χ4v) is 2.70. The van der Waals surface area contributed by atoms with Gasteiger partial charge in [0.05, 0.1) is 24.2 Å². The van der Waals surface area contributed by atoms with Gasteiger partial charge in [0.15, 0.2) is 11.6 Å². The summed E-state index contributed by atoms with van der Waals surface area (Å²) >= 11 is 0. The third-order valence-corrected chi connectivity index (χ3v) is 3.97. The maximum atomic E-state index is 13.9. The van der Waals surface area contributed by atoms with Crippen molar-refractivity contribution in [3.8, 4) is 5.75 Å². The van der Waals surface area contributed by atoms with Crippen LogP contribution in [0, 0.1) is 15.9 Å². The molecule has 0 amide bonds. The van der Waals surface area contributed by atoms with E-state index >= 15 is 0 Å². The van der Waals surface area contributed by atoms with Gasteiger partial charge < -0.3 is 9.47 Å². The van der Waals surface area contributed by atoms with Crippen LogP contribution in [-0.2, 0) is 13.8 Å². The molecule has 1 unspecified atom stereocenters. The lowest BCUT2D eigenvalue weighted by Crippen LogP contribution is -2.18. The second-order valence-corrected chi connectivity index (χ2v) is 6.59. The van der Waals surface area contributed by atoms with Crippen LogP contribution in [0.5, 0.6) is 5.75 Å². The van der Waals surface area contributed by atoms with Crippen molar-refractivity contribution in [1.82, 2.24) is 0 Å². The van der Waals surface area contributed by atoms with E-state index in [0.29, 0.717) is 25.2 Å². The van der Waals surface area contributed by atoms with E-state index in [0.717, 1.165) is 0 Å². The molecule has 7 nitrogen and oxygen atoms in total. The summed E-state index contributed by atoms with van der Waals surface area (Å²) in [5.41, 5.74) is -0.725. The summed E-state index contributed by atoms with van der Waals surface area (Å²) in [6, 6.07) is 1.24. The van der Waals surface area contributed by atoms with Crippen LogP contribution in [0.4, 0.5) is 10.1 Å². The molecule has 1 fully saturated rings. The van der Waals surface area contributed by atoms with Crippen molar-refractivity contribution in [1.29, 1.82) is 0 Å². The van der Waals surface area contributed by atoms with E-state index < -0.39 is 42.2 Å².